The first kappa shape index (κ1) is 12.0. The Morgan fingerprint density at radius 3 is 3.06 bits per heavy atom. The summed E-state index contributed by atoms with van der Waals surface area (Å²) in [4.78, 5) is 4.48. The van der Waals surface area contributed by atoms with Crippen LogP contribution in [0.15, 0.2) is 41.0 Å². The Morgan fingerprint density at radius 1 is 1.28 bits per heavy atom. The Morgan fingerprint density at radius 2 is 2.17 bits per heavy atom. The minimum atomic E-state index is 0.274. The van der Waals surface area contributed by atoms with Gasteiger partial charge in [0.2, 0.25) is 0 Å². The van der Waals surface area contributed by atoms with E-state index in [2.05, 4.69) is 32.3 Å². The molecule has 0 spiro atoms. The zero-order valence-corrected chi connectivity index (χ0v) is 12.0. The van der Waals surface area contributed by atoms with E-state index < -0.39 is 0 Å². The molecule has 2 aromatic rings. The molecule has 0 fully saturated rings. The molecule has 1 N–H and O–H groups in total. The molecule has 3 rings (SSSR count). The summed E-state index contributed by atoms with van der Waals surface area (Å²) in [5.41, 5.74) is 3.52. The number of pyridine rings is 1. The maximum atomic E-state index is 6.10. The molecular weight excluding hydrogens is 312 g/mol. The number of hydrogen-bond donors (Lipinski definition) is 1. The zero-order valence-electron chi connectivity index (χ0n) is 9.66. The van der Waals surface area contributed by atoms with E-state index in [-0.39, 0.29) is 6.04 Å². The Balaban J connectivity index is 1.89. The normalized spacial score (nSPS) is 17.6. The standard InChI is InChI=1S/C14H12BrClN2/c15-13-10(16)4-1-5-11(13)18-12-7-6-9-3-2-8-17-14(9)12/h1-5,8,12,18H,6-7H2. The minimum Gasteiger partial charge on any atom is -0.376 e. The van der Waals surface area contributed by atoms with Gasteiger partial charge in [0, 0.05) is 6.20 Å². The van der Waals surface area contributed by atoms with Gasteiger partial charge >= 0.3 is 0 Å². The van der Waals surface area contributed by atoms with Gasteiger partial charge in [0.1, 0.15) is 0 Å². The highest BCUT2D eigenvalue weighted by molar-refractivity contribution is 9.10. The number of halogens is 2. The van der Waals surface area contributed by atoms with Gasteiger partial charge in [-0.1, -0.05) is 23.7 Å². The molecule has 1 aliphatic carbocycles. The fourth-order valence-electron chi connectivity index (χ4n) is 2.36. The minimum absolute atomic E-state index is 0.274. The van der Waals surface area contributed by atoms with Crippen molar-refractivity contribution in [2.45, 2.75) is 18.9 Å². The van der Waals surface area contributed by atoms with Crippen LogP contribution in [0.25, 0.3) is 0 Å². The van der Waals surface area contributed by atoms with E-state index in [9.17, 15) is 0 Å². The predicted molar refractivity (Wildman–Crippen MR) is 78.1 cm³/mol. The Kier molecular flexibility index (Phi) is 3.27. The molecule has 0 bridgehead atoms. The summed E-state index contributed by atoms with van der Waals surface area (Å²) in [7, 11) is 0. The van der Waals surface area contributed by atoms with Crippen LogP contribution in [0.3, 0.4) is 0 Å². The van der Waals surface area contributed by atoms with Crippen molar-refractivity contribution in [3.63, 3.8) is 0 Å². The van der Waals surface area contributed by atoms with Crippen molar-refractivity contribution in [1.82, 2.24) is 4.98 Å². The van der Waals surface area contributed by atoms with Gasteiger partial charge in [-0.05, 0) is 52.5 Å². The maximum Gasteiger partial charge on any atom is 0.0691 e. The van der Waals surface area contributed by atoms with E-state index in [1.165, 1.54) is 5.56 Å². The van der Waals surface area contributed by atoms with Gasteiger partial charge in [-0.3, -0.25) is 4.98 Å². The molecule has 1 atom stereocenters. The quantitative estimate of drug-likeness (QED) is 0.874. The smallest absolute Gasteiger partial charge is 0.0691 e. The van der Waals surface area contributed by atoms with E-state index in [1.807, 2.05) is 30.5 Å². The summed E-state index contributed by atoms with van der Waals surface area (Å²) in [6.45, 7) is 0. The van der Waals surface area contributed by atoms with Crippen LogP contribution >= 0.6 is 27.5 Å². The summed E-state index contributed by atoms with van der Waals surface area (Å²) in [6, 6.07) is 10.3. The molecule has 1 aliphatic rings. The van der Waals surface area contributed by atoms with Crippen LogP contribution in [0.2, 0.25) is 5.02 Å². The second kappa shape index (κ2) is 4.90. The number of nitrogens with zero attached hydrogens (tertiary/aromatic N) is 1. The van der Waals surface area contributed by atoms with Crippen LogP contribution < -0.4 is 5.32 Å². The van der Waals surface area contributed by atoms with Crippen LogP contribution in [0.4, 0.5) is 5.69 Å². The molecule has 0 saturated heterocycles. The number of nitrogens with one attached hydrogen (secondary N) is 1. The van der Waals surface area contributed by atoms with Crippen molar-refractivity contribution in [1.29, 1.82) is 0 Å². The molecule has 92 valence electrons. The molecule has 2 nitrogen and oxygen atoms in total. The van der Waals surface area contributed by atoms with E-state index in [1.54, 1.807) is 0 Å². The first-order valence-electron chi connectivity index (χ1n) is 5.90. The van der Waals surface area contributed by atoms with Gasteiger partial charge in [0.05, 0.1) is 26.9 Å². The molecule has 0 aliphatic heterocycles. The lowest BCUT2D eigenvalue weighted by molar-refractivity contribution is 0.745. The Hall–Kier alpha value is -1.06. The van der Waals surface area contributed by atoms with E-state index in [0.717, 1.165) is 33.7 Å². The van der Waals surface area contributed by atoms with Gasteiger partial charge in [0.15, 0.2) is 0 Å². The number of rotatable bonds is 2. The Bertz CT molecular complexity index is 586. The third kappa shape index (κ3) is 2.13. The second-order valence-corrected chi connectivity index (χ2v) is 5.58. The molecule has 0 amide bonds. The summed E-state index contributed by atoms with van der Waals surface area (Å²) in [6.07, 6.45) is 4.01. The summed E-state index contributed by atoms with van der Waals surface area (Å²) >= 11 is 9.61. The van der Waals surface area contributed by atoms with Crippen molar-refractivity contribution in [2.75, 3.05) is 5.32 Å². The largest absolute Gasteiger partial charge is 0.376 e. The van der Waals surface area contributed by atoms with E-state index >= 15 is 0 Å². The number of fused-ring (bicyclic) bond motifs is 1. The van der Waals surface area contributed by atoms with Gasteiger partial charge in [0.25, 0.3) is 0 Å². The van der Waals surface area contributed by atoms with Crippen LogP contribution in [-0.4, -0.2) is 4.98 Å². The van der Waals surface area contributed by atoms with E-state index in [0.29, 0.717) is 0 Å². The Labute approximate surface area is 120 Å². The predicted octanol–water partition coefficient (Wildman–Crippen LogP) is 4.60. The summed E-state index contributed by atoms with van der Waals surface area (Å²) in [5, 5.41) is 4.23. The fourth-order valence-corrected chi connectivity index (χ4v) is 2.91. The monoisotopic (exact) mass is 322 g/mol. The number of aromatic nitrogens is 1. The van der Waals surface area contributed by atoms with Crippen LogP contribution in [-0.2, 0) is 6.42 Å². The molecular formula is C14H12BrClN2. The average molecular weight is 324 g/mol. The lowest BCUT2D eigenvalue weighted by Gasteiger charge is -2.16. The van der Waals surface area contributed by atoms with Crippen molar-refractivity contribution < 1.29 is 0 Å². The van der Waals surface area contributed by atoms with Crippen LogP contribution in [0, 0.1) is 0 Å². The van der Waals surface area contributed by atoms with Gasteiger partial charge < -0.3 is 5.32 Å². The second-order valence-electron chi connectivity index (χ2n) is 4.38. The zero-order chi connectivity index (χ0) is 12.5. The highest BCUT2D eigenvalue weighted by atomic mass is 79.9. The molecule has 1 heterocycles. The first-order valence-corrected chi connectivity index (χ1v) is 7.07. The lowest BCUT2D eigenvalue weighted by atomic mass is 10.2. The number of hydrogen-bond acceptors (Lipinski definition) is 2. The van der Waals surface area contributed by atoms with Gasteiger partial charge in [-0.15, -0.1) is 0 Å². The molecule has 0 saturated carbocycles. The lowest BCUT2D eigenvalue weighted by Crippen LogP contribution is -2.09. The van der Waals surface area contributed by atoms with E-state index in [4.69, 9.17) is 11.6 Å². The van der Waals surface area contributed by atoms with Gasteiger partial charge in [-0.25, -0.2) is 0 Å². The fraction of sp³-hybridized carbons (Fsp3) is 0.214. The molecule has 1 aromatic carbocycles. The SMILES string of the molecule is Clc1cccc(NC2CCc3cccnc32)c1Br. The summed E-state index contributed by atoms with van der Waals surface area (Å²) < 4.78 is 0.913. The van der Waals surface area contributed by atoms with Crippen molar-refractivity contribution in [2.24, 2.45) is 0 Å². The molecule has 1 aromatic heterocycles. The third-order valence-electron chi connectivity index (χ3n) is 3.24. The first-order chi connectivity index (χ1) is 8.75. The third-order valence-corrected chi connectivity index (χ3v) is 4.64. The van der Waals surface area contributed by atoms with Crippen molar-refractivity contribution in [3.8, 4) is 0 Å². The topological polar surface area (TPSA) is 24.9 Å². The van der Waals surface area contributed by atoms with Crippen molar-refractivity contribution >= 4 is 33.2 Å². The highest BCUT2D eigenvalue weighted by Crippen LogP contribution is 2.36. The van der Waals surface area contributed by atoms with Crippen LogP contribution in [0.1, 0.15) is 23.7 Å². The number of anilines is 1. The number of aryl methyl sites for hydroxylation is 1. The average Bonchev–Trinajstić information content (AvgIpc) is 2.79. The van der Waals surface area contributed by atoms with Gasteiger partial charge in [-0.2, -0.15) is 0 Å². The van der Waals surface area contributed by atoms with Crippen LogP contribution in [0.5, 0.6) is 0 Å². The molecule has 18 heavy (non-hydrogen) atoms. The van der Waals surface area contributed by atoms with Crippen molar-refractivity contribution in [3.05, 3.63) is 57.3 Å². The highest BCUT2D eigenvalue weighted by Gasteiger charge is 2.23. The molecule has 1 unspecified atom stereocenters. The maximum absolute atomic E-state index is 6.10. The molecule has 0 radical (unpaired) electrons. The molecule has 4 heteroatoms. The summed E-state index contributed by atoms with van der Waals surface area (Å²) in [5.74, 6) is 0. The number of benzene rings is 1.